The Labute approximate surface area is 99.6 Å². The highest BCUT2D eigenvalue weighted by Gasteiger charge is 2.26. The lowest BCUT2D eigenvalue weighted by Crippen LogP contribution is -2.32. The average molecular weight is 236 g/mol. The number of hydrogen-bond acceptors (Lipinski definition) is 4. The van der Waals surface area contributed by atoms with Crippen molar-refractivity contribution < 1.29 is 14.6 Å². The Hall–Kier alpha value is -1.75. The number of rotatable bonds is 4. The van der Waals surface area contributed by atoms with Crippen LogP contribution in [0.4, 0.5) is 5.69 Å². The molecule has 2 unspecified atom stereocenters. The van der Waals surface area contributed by atoms with Gasteiger partial charge >= 0.3 is 5.97 Å². The fourth-order valence-corrected chi connectivity index (χ4v) is 2.13. The number of benzene rings is 1. The van der Waals surface area contributed by atoms with E-state index < -0.39 is 12.0 Å². The minimum absolute atomic E-state index is 0.131. The van der Waals surface area contributed by atoms with Gasteiger partial charge in [-0.15, -0.1) is 0 Å². The summed E-state index contributed by atoms with van der Waals surface area (Å²) in [5.41, 5.74) is 7.69. The van der Waals surface area contributed by atoms with E-state index in [1.165, 1.54) is 0 Å². The Bertz CT molecular complexity index is 434. The van der Waals surface area contributed by atoms with Crippen LogP contribution in [0, 0.1) is 0 Å². The molecule has 5 heteroatoms. The molecule has 5 nitrogen and oxygen atoms in total. The van der Waals surface area contributed by atoms with Crippen LogP contribution < -0.4 is 15.8 Å². The summed E-state index contributed by atoms with van der Waals surface area (Å²) in [4.78, 5) is 10.8. The lowest BCUT2D eigenvalue weighted by atomic mass is 9.94. The predicted octanol–water partition coefficient (Wildman–Crippen LogP) is 1.01. The van der Waals surface area contributed by atoms with E-state index in [1.807, 2.05) is 18.2 Å². The van der Waals surface area contributed by atoms with Gasteiger partial charge in [0.15, 0.2) is 0 Å². The fourth-order valence-electron chi connectivity index (χ4n) is 2.13. The van der Waals surface area contributed by atoms with Gasteiger partial charge in [-0.2, -0.15) is 0 Å². The van der Waals surface area contributed by atoms with Crippen LogP contribution in [0.25, 0.3) is 0 Å². The van der Waals surface area contributed by atoms with Crippen LogP contribution in [0.1, 0.15) is 17.9 Å². The minimum atomic E-state index is -0.957. The number of anilines is 1. The van der Waals surface area contributed by atoms with Gasteiger partial charge in [-0.3, -0.25) is 4.79 Å². The molecule has 1 aliphatic heterocycles. The number of methoxy groups -OCH3 is 1. The lowest BCUT2D eigenvalue weighted by molar-refractivity contribution is -0.138. The van der Waals surface area contributed by atoms with E-state index in [0.717, 1.165) is 23.5 Å². The first-order valence-electron chi connectivity index (χ1n) is 5.52. The highest BCUT2D eigenvalue weighted by molar-refractivity contribution is 5.73. The fraction of sp³-hybridized carbons (Fsp3) is 0.417. The second-order valence-electron chi connectivity index (χ2n) is 4.21. The maximum atomic E-state index is 10.8. The van der Waals surface area contributed by atoms with Crippen molar-refractivity contribution in [1.29, 1.82) is 0 Å². The van der Waals surface area contributed by atoms with E-state index in [4.69, 9.17) is 15.6 Å². The average Bonchev–Trinajstić information content (AvgIpc) is 2.71. The summed E-state index contributed by atoms with van der Waals surface area (Å²) in [6.07, 6.45) is 0.433. The molecule has 0 saturated carbocycles. The number of nitrogens with one attached hydrogen (secondary N) is 1. The van der Waals surface area contributed by atoms with Gasteiger partial charge in [0.25, 0.3) is 0 Å². The van der Waals surface area contributed by atoms with E-state index in [-0.39, 0.29) is 5.92 Å². The normalized spacial score (nSPS) is 19.3. The molecule has 17 heavy (non-hydrogen) atoms. The van der Waals surface area contributed by atoms with Crippen molar-refractivity contribution in [2.24, 2.45) is 5.73 Å². The molecule has 0 bridgehead atoms. The van der Waals surface area contributed by atoms with Crippen LogP contribution in [0.2, 0.25) is 0 Å². The van der Waals surface area contributed by atoms with Gasteiger partial charge in [-0.25, -0.2) is 0 Å². The third-order valence-electron chi connectivity index (χ3n) is 3.09. The summed E-state index contributed by atoms with van der Waals surface area (Å²) in [5, 5.41) is 12.1. The van der Waals surface area contributed by atoms with Crippen LogP contribution in [0.5, 0.6) is 5.75 Å². The quantitative estimate of drug-likeness (QED) is 0.726. The third kappa shape index (κ3) is 2.34. The first kappa shape index (κ1) is 11.7. The molecule has 1 aromatic rings. The number of aliphatic carboxylic acids is 1. The molecule has 0 fully saturated rings. The third-order valence-corrected chi connectivity index (χ3v) is 3.09. The first-order chi connectivity index (χ1) is 8.11. The monoisotopic (exact) mass is 236 g/mol. The summed E-state index contributed by atoms with van der Waals surface area (Å²) in [7, 11) is 1.61. The smallest absolute Gasteiger partial charge is 0.320 e. The molecule has 2 rings (SSSR count). The molecule has 92 valence electrons. The number of nitrogens with two attached hydrogens (primary N) is 1. The van der Waals surface area contributed by atoms with Crippen molar-refractivity contribution in [2.45, 2.75) is 18.4 Å². The number of fused-ring (bicyclic) bond motifs is 1. The van der Waals surface area contributed by atoms with Gasteiger partial charge in [-0.1, -0.05) is 0 Å². The Morgan fingerprint density at radius 3 is 3.12 bits per heavy atom. The number of carboxylic acids is 1. The Morgan fingerprint density at radius 1 is 1.71 bits per heavy atom. The van der Waals surface area contributed by atoms with Crippen LogP contribution in [-0.4, -0.2) is 30.8 Å². The zero-order valence-corrected chi connectivity index (χ0v) is 9.64. The molecule has 0 amide bonds. The first-order valence-corrected chi connectivity index (χ1v) is 5.52. The molecule has 0 aliphatic carbocycles. The molecular formula is C12H16N2O3. The van der Waals surface area contributed by atoms with Crippen molar-refractivity contribution in [1.82, 2.24) is 0 Å². The molecule has 0 spiro atoms. The standard InChI is InChI=1S/C12H16N2O3/c1-17-8-2-3-11-9(5-8)7(6-14-11)4-10(13)12(15)16/h2-3,5,7,10,14H,4,6,13H2,1H3,(H,15,16). The molecule has 0 aromatic heterocycles. The highest BCUT2D eigenvalue weighted by Crippen LogP contribution is 2.36. The van der Waals surface area contributed by atoms with Gasteiger partial charge in [0.1, 0.15) is 11.8 Å². The molecule has 0 saturated heterocycles. The van der Waals surface area contributed by atoms with E-state index in [1.54, 1.807) is 7.11 Å². The summed E-state index contributed by atoms with van der Waals surface area (Å²) in [5.74, 6) is -0.0473. The molecular weight excluding hydrogens is 220 g/mol. The molecule has 1 heterocycles. The topological polar surface area (TPSA) is 84.6 Å². The van der Waals surface area contributed by atoms with Gasteiger partial charge in [-0.05, 0) is 30.2 Å². The summed E-state index contributed by atoms with van der Waals surface area (Å²) in [6.45, 7) is 0.726. The molecule has 1 aliphatic rings. The van der Waals surface area contributed by atoms with Crippen LogP contribution >= 0.6 is 0 Å². The Kier molecular flexibility index (Phi) is 3.19. The van der Waals surface area contributed by atoms with E-state index in [0.29, 0.717) is 6.42 Å². The zero-order chi connectivity index (χ0) is 12.4. The second-order valence-corrected chi connectivity index (χ2v) is 4.21. The van der Waals surface area contributed by atoms with Crippen molar-refractivity contribution in [2.75, 3.05) is 19.0 Å². The molecule has 1 aromatic carbocycles. The maximum absolute atomic E-state index is 10.8. The molecule has 0 radical (unpaired) electrons. The Balaban J connectivity index is 2.17. The maximum Gasteiger partial charge on any atom is 0.320 e. The van der Waals surface area contributed by atoms with Crippen molar-refractivity contribution in [3.8, 4) is 5.75 Å². The number of carbonyl (C=O) groups is 1. The van der Waals surface area contributed by atoms with Crippen LogP contribution in [0.3, 0.4) is 0 Å². The van der Waals surface area contributed by atoms with Crippen molar-refractivity contribution in [3.63, 3.8) is 0 Å². The predicted molar refractivity (Wildman–Crippen MR) is 64.5 cm³/mol. The highest BCUT2D eigenvalue weighted by atomic mass is 16.5. The zero-order valence-electron chi connectivity index (χ0n) is 9.64. The van der Waals surface area contributed by atoms with Gasteiger partial charge in [0.05, 0.1) is 7.11 Å². The largest absolute Gasteiger partial charge is 0.497 e. The molecule has 4 N–H and O–H groups in total. The van der Waals surface area contributed by atoms with Crippen molar-refractivity contribution in [3.05, 3.63) is 23.8 Å². The van der Waals surface area contributed by atoms with Gasteiger partial charge in [0, 0.05) is 18.2 Å². The van der Waals surface area contributed by atoms with Crippen molar-refractivity contribution >= 4 is 11.7 Å². The lowest BCUT2D eigenvalue weighted by Gasteiger charge is -2.13. The van der Waals surface area contributed by atoms with Crippen LogP contribution in [0.15, 0.2) is 18.2 Å². The number of carboxylic acid groups (broad SMARTS) is 1. The summed E-state index contributed by atoms with van der Waals surface area (Å²) >= 11 is 0. The Morgan fingerprint density at radius 2 is 2.47 bits per heavy atom. The number of ether oxygens (including phenoxy) is 1. The second kappa shape index (κ2) is 4.63. The van der Waals surface area contributed by atoms with Gasteiger partial charge in [0.2, 0.25) is 0 Å². The summed E-state index contributed by atoms with van der Waals surface area (Å²) in [6, 6.07) is 4.94. The van der Waals surface area contributed by atoms with Crippen LogP contribution in [-0.2, 0) is 4.79 Å². The van der Waals surface area contributed by atoms with E-state index in [2.05, 4.69) is 5.32 Å². The summed E-state index contributed by atoms with van der Waals surface area (Å²) < 4.78 is 5.16. The van der Waals surface area contributed by atoms with E-state index in [9.17, 15) is 4.79 Å². The SMILES string of the molecule is COc1ccc2c(c1)C(CC(N)C(=O)O)CN2. The van der Waals surface area contributed by atoms with Gasteiger partial charge < -0.3 is 20.9 Å². The van der Waals surface area contributed by atoms with E-state index >= 15 is 0 Å². The molecule has 2 atom stereocenters. The minimum Gasteiger partial charge on any atom is -0.497 e. The number of hydrogen-bond donors (Lipinski definition) is 3.